The largest absolute Gasteiger partial charge is 0.500 e. The highest BCUT2D eigenvalue weighted by atomic mass is 19.1. The summed E-state index contributed by atoms with van der Waals surface area (Å²) in [5.41, 5.74) is 1.03. The number of benzene rings is 1. The molecule has 0 saturated carbocycles. The van der Waals surface area contributed by atoms with E-state index in [-0.39, 0.29) is 5.75 Å². The predicted octanol–water partition coefficient (Wildman–Crippen LogP) is 2.46. The summed E-state index contributed by atoms with van der Waals surface area (Å²) >= 11 is 0. The molecule has 0 N–H and O–H groups in total. The van der Waals surface area contributed by atoms with Gasteiger partial charge in [-0.15, -0.1) is 4.39 Å². The maximum Gasteiger partial charge on any atom is 0.500 e. The van der Waals surface area contributed by atoms with Crippen LogP contribution in [0.2, 0.25) is 0 Å². The average Bonchev–Trinajstić information content (AvgIpc) is 1.93. The number of hydrogen-bond acceptors (Lipinski definition) is 2. The third-order valence-corrected chi connectivity index (χ3v) is 1.22. The lowest BCUT2D eigenvalue weighted by atomic mass is 10.2. The van der Waals surface area contributed by atoms with Gasteiger partial charge < -0.3 is 4.74 Å². The first kappa shape index (κ1) is 7.72. The van der Waals surface area contributed by atoms with E-state index in [2.05, 4.69) is 4.74 Å². The van der Waals surface area contributed by atoms with Crippen molar-refractivity contribution in [3.8, 4) is 5.75 Å². The SMILES string of the molecule is Cc1ccc(OC(=O)F)cc1. The van der Waals surface area contributed by atoms with Crippen LogP contribution in [0.15, 0.2) is 24.3 Å². The highest BCUT2D eigenvalue weighted by molar-refractivity contribution is 5.62. The molecule has 0 saturated heterocycles. The first-order valence-corrected chi connectivity index (χ1v) is 3.12. The monoisotopic (exact) mass is 154 g/mol. The summed E-state index contributed by atoms with van der Waals surface area (Å²) in [5, 5.41) is 0. The van der Waals surface area contributed by atoms with Gasteiger partial charge in [0.15, 0.2) is 0 Å². The second kappa shape index (κ2) is 3.14. The van der Waals surface area contributed by atoms with Crippen molar-refractivity contribution in [1.82, 2.24) is 0 Å². The summed E-state index contributed by atoms with van der Waals surface area (Å²) in [4.78, 5) is 9.81. The molecule has 0 aliphatic heterocycles. The number of halogens is 1. The van der Waals surface area contributed by atoms with Crippen molar-refractivity contribution in [1.29, 1.82) is 0 Å². The Kier molecular flexibility index (Phi) is 2.21. The van der Waals surface area contributed by atoms with Crippen LogP contribution in [-0.2, 0) is 0 Å². The van der Waals surface area contributed by atoms with Crippen molar-refractivity contribution in [2.24, 2.45) is 0 Å². The molecule has 0 aromatic heterocycles. The molecule has 0 fully saturated rings. The molecule has 0 radical (unpaired) electrons. The highest BCUT2D eigenvalue weighted by Crippen LogP contribution is 2.11. The topological polar surface area (TPSA) is 26.3 Å². The van der Waals surface area contributed by atoms with Crippen molar-refractivity contribution >= 4 is 6.22 Å². The number of carbonyl (C=O) groups excluding carboxylic acids is 1. The average molecular weight is 154 g/mol. The Morgan fingerprint density at radius 2 is 1.91 bits per heavy atom. The van der Waals surface area contributed by atoms with Crippen molar-refractivity contribution in [2.45, 2.75) is 6.92 Å². The number of rotatable bonds is 1. The fourth-order valence-electron chi connectivity index (χ4n) is 0.699. The van der Waals surface area contributed by atoms with Gasteiger partial charge in [-0.05, 0) is 19.1 Å². The Balaban J connectivity index is 2.74. The molecule has 11 heavy (non-hydrogen) atoms. The first-order chi connectivity index (χ1) is 5.18. The van der Waals surface area contributed by atoms with E-state index in [1.165, 1.54) is 12.1 Å². The standard InChI is InChI=1S/C8H7FO2/c1-6-2-4-7(5-3-6)11-8(9)10/h2-5H,1H3. The first-order valence-electron chi connectivity index (χ1n) is 3.12. The van der Waals surface area contributed by atoms with Gasteiger partial charge in [-0.1, -0.05) is 17.7 Å². The zero-order valence-electron chi connectivity index (χ0n) is 6.00. The van der Waals surface area contributed by atoms with Gasteiger partial charge in [0, 0.05) is 0 Å². The Morgan fingerprint density at radius 3 is 2.36 bits per heavy atom. The molecule has 0 aliphatic carbocycles. The van der Waals surface area contributed by atoms with Crippen LogP contribution in [-0.4, -0.2) is 6.22 Å². The normalized spacial score (nSPS) is 9.27. The number of carbonyl (C=O) groups is 1. The number of hydrogen-bond donors (Lipinski definition) is 0. The van der Waals surface area contributed by atoms with E-state index in [4.69, 9.17) is 0 Å². The maximum absolute atomic E-state index is 11.6. The molecular formula is C8H7FO2. The van der Waals surface area contributed by atoms with Crippen LogP contribution in [0.4, 0.5) is 9.18 Å². The van der Waals surface area contributed by atoms with E-state index in [0.717, 1.165) is 5.56 Å². The second-order valence-corrected chi connectivity index (χ2v) is 2.15. The van der Waals surface area contributed by atoms with E-state index >= 15 is 0 Å². The Labute approximate surface area is 63.6 Å². The van der Waals surface area contributed by atoms with Crippen LogP contribution in [0.25, 0.3) is 0 Å². The van der Waals surface area contributed by atoms with E-state index < -0.39 is 6.22 Å². The molecule has 0 bridgehead atoms. The summed E-state index contributed by atoms with van der Waals surface area (Å²) in [6, 6.07) is 6.54. The lowest BCUT2D eigenvalue weighted by Crippen LogP contribution is -1.96. The third kappa shape index (κ3) is 2.37. The summed E-state index contributed by atoms with van der Waals surface area (Å²) in [7, 11) is 0. The fourth-order valence-corrected chi connectivity index (χ4v) is 0.699. The van der Waals surface area contributed by atoms with Crippen LogP contribution in [0.1, 0.15) is 5.56 Å². The van der Waals surface area contributed by atoms with Crippen LogP contribution in [0.5, 0.6) is 5.75 Å². The van der Waals surface area contributed by atoms with Crippen molar-refractivity contribution < 1.29 is 13.9 Å². The molecule has 0 atom stereocenters. The van der Waals surface area contributed by atoms with E-state index in [9.17, 15) is 9.18 Å². The molecule has 1 rings (SSSR count). The van der Waals surface area contributed by atoms with Crippen molar-refractivity contribution in [3.63, 3.8) is 0 Å². The van der Waals surface area contributed by atoms with Gasteiger partial charge in [-0.2, -0.15) is 0 Å². The minimum atomic E-state index is -1.78. The van der Waals surface area contributed by atoms with Crippen LogP contribution < -0.4 is 4.74 Å². The van der Waals surface area contributed by atoms with Crippen molar-refractivity contribution in [2.75, 3.05) is 0 Å². The number of ether oxygens (including phenoxy) is 1. The van der Waals surface area contributed by atoms with E-state index in [0.29, 0.717) is 0 Å². The molecule has 58 valence electrons. The molecule has 1 aromatic rings. The molecule has 0 heterocycles. The predicted molar refractivity (Wildman–Crippen MR) is 38.3 cm³/mol. The molecule has 0 unspecified atom stereocenters. The van der Waals surface area contributed by atoms with Crippen LogP contribution in [0.3, 0.4) is 0 Å². The highest BCUT2D eigenvalue weighted by Gasteiger charge is 1.99. The van der Waals surface area contributed by atoms with Gasteiger partial charge in [0.1, 0.15) is 5.75 Å². The minimum absolute atomic E-state index is 0.225. The zero-order chi connectivity index (χ0) is 8.27. The summed E-state index contributed by atoms with van der Waals surface area (Å²) < 4.78 is 15.8. The minimum Gasteiger partial charge on any atom is -0.401 e. The lowest BCUT2D eigenvalue weighted by Gasteiger charge is -1.97. The summed E-state index contributed by atoms with van der Waals surface area (Å²) in [6.45, 7) is 1.89. The molecule has 3 heteroatoms. The van der Waals surface area contributed by atoms with Crippen molar-refractivity contribution in [3.05, 3.63) is 29.8 Å². The Hall–Kier alpha value is -1.38. The van der Waals surface area contributed by atoms with Gasteiger partial charge in [-0.25, -0.2) is 4.79 Å². The van der Waals surface area contributed by atoms with E-state index in [1.54, 1.807) is 12.1 Å². The van der Waals surface area contributed by atoms with Crippen LogP contribution in [0, 0.1) is 6.92 Å². The molecule has 0 aliphatic rings. The quantitative estimate of drug-likeness (QED) is 0.581. The smallest absolute Gasteiger partial charge is 0.401 e. The molecular weight excluding hydrogens is 147 g/mol. The summed E-state index contributed by atoms with van der Waals surface area (Å²) in [5.74, 6) is 0.225. The van der Waals surface area contributed by atoms with Gasteiger partial charge in [0.25, 0.3) is 0 Å². The van der Waals surface area contributed by atoms with Gasteiger partial charge in [-0.3, -0.25) is 0 Å². The van der Waals surface area contributed by atoms with Gasteiger partial charge in [0.05, 0.1) is 0 Å². The molecule has 1 aromatic carbocycles. The Morgan fingerprint density at radius 1 is 1.36 bits per heavy atom. The lowest BCUT2D eigenvalue weighted by molar-refractivity contribution is 0.175. The second-order valence-electron chi connectivity index (χ2n) is 2.15. The maximum atomic E-state index is 11.6. The zero-order valence-corrected chi connectivity index (χ0v) is 6.00. The molecule has 0 spiro atoms. The summed E-state index contributed by atoms with van der Waals surface area (Å²) in [6.07, 6.45) is -1.78. The third-order valence-electron chi connectivity index (χ3n) is 1.22. The van der Waals surface area contributed by atoms with E-state index in [1.807, 2.05) is 6.92 Å². The van der Waals surface area contributed by atoms with Gasteiger partial charge >= 0.3 is 6.22 Å². The Bertz CT molecular complexity index is 253. The molecule has 0 amide bonds. The number of aryl methyl sites for hydroxylation is 1. The molecule has 2 nitrogen and oxygen atoms in total. The fraction of sp³-hybridized carbons (Fsp3) is 0.125. The van der Waals surface area contributed by atoms with Gasteiger partial charge in [0.2, 0.25) is 0 Å². The van der Waals surface area contributed by atoms with Crippen LogP contribution >= 0.6 is 0 Å².